The van der Waals surface area contributed by atoms with E-state index in [9.17, 15) is 9.90 Å². The average Bonchev–Trinajstić information content (AvgIpc) is 3.32. The van der Waals surface area contributed by atoms with Gasteiger partial charge in [0.15, 0.2) is 11.5 Å². The van der Waals surface area contributed by atoms with Gasteiger partial charge in [0.2, 0.25) is 6.41 Å². The summed E-state index contributed by atoms with van der Waals surface area (Å²) in [4.78, 5) is 15.2. The molecule has 1 unspecified atom stereocenters. The van der Waals surface area contributed by atoms with Crippen molar-refractivity contribution < 1.29 is 24.1 Å². The number of anilines is 1. The third kappa shape index (κ3) is 6.89. The topological polar surface area (TPSA) is 71.5 Å². The molecule has 2 heterocycles. The molecular formula is C28H38N2O5. The van der Waals surface area contributed by atoms with E-state index < -0.39 is 6.10 Å². The molecule has 1 saturated heterocycles. The van der Waals surface area contributed by atoms with Gasteiger partial charge in [-0.25, -0.2) is 0 Å². The number of aliphatic hydroxyl groups is 1. The van der Waals surface area contributed by atoms with Crippen molar-refractivity contribution in [1.82, 2.24) is 4.90 Å². The second kappa shape index (κ2) is 12.8. The van der Waals surface area contributed by atoms with Gasteiger partial charge in [0, 0.05) is 18.7 Å². The molecule has 0 saturated carbocycles. The number of nitrogens with zero attached hydrogens (tertiary/aromatic N) is 2. The molecule has 1 fully saturated rings. The van der Waals surface area contributed by atoms with Crippen molar-refractivity contribution in [2.75, 3.05) is 50.9 Å². The monoisotopic (exact) mass is 482 g/mol. The van der Waals surface area contributed by atoms with Gasteiger partial charge >= 0.3 is 0 Å². The Morgan fingerprint density at radius 1 is 1.00 bits per heavy atom. The van der Waals surface area contributed by atoms with Gasteiger partial charge in [0.25, 0.3) is 0 Å². The van der Waals surface area contributed by atoms with E-state index in [0.29, 0.717) is 32.2 Å². The van der Waals surface area contributed by atoms with Gasteiger partial charge in [-0.15, -0.1) is 0 Å². The van der Waals surface area contributed by atoms with Crippen LogP contribution in [-0.4, -0.2) is 68.5 Å². The molecule has 1 atom stereocenters. The molecule has 2 aromatic rings. The SMILES string of the molecule is CCCCOc1ccccc1OCC1CCN(CC(O)COc2cccc3c2CCN3C=O)CC1. The van der Waals surface area contributed by atoms with Crippen LogP contribution in [-0.2, 0) is 11.2 Å². The Bertz CT molecular complexity index is 945. The van der Waals surface area contributed by atoms with Crippen LogP contribution >= 0.6 is 0 Å². The lowest BCUT2D eigenvalue weighted by molar-refractivity contribution is -0.107. The van der Waals surface area contributed by atoms with Crippen LogP contribution in [0.4, 0.5) is 5.69 Å². The zero-order valence-corrected chi connectivity index (χ0v) is 20.7. The number of aliphatic hydroxyl groups excluding tert-OH is 1. The van der Waals surface area contributed by atoms with E-state index in [2.05, 4.69) is 11.8 Å². The molecule has 7 nitrogen and oxygen atoms in total. The molecule has 0 aliphatic carbocycles. The minimum atomic E-state index is -0.561. The summed E-state index contributed by atoms with van der Waals surface area (Å²) < 4.78 is 18.0. The number of hydrogen-bond donors (Lipinski definition) is 1. The van der Waals surface area contributed by atoms with Crippen molar-refractivity contribution in [2.24, 2.45) is 5.92 Å². The first-order valence-corrected chi connectivity index (χ1v) is 12.9. The first-order chi connectivity index (χ1) is 17.2. The highest BCUT2D eigenvalue weighted by Crippen LogP contribution is 2.34. The molecule has 0 radical (unpaired) electrons. The minimum absolute atomic E-state index is 0.245. The third-order valence-electron chi connectivity index (χ3n) is 6.83. The predicted octanol–water partition coefficient (Wildman–Crippen LogP) is 3.92. The van der Waals surface area contributed by atoms with Crippen LogP contribution in [0.3, 0.4) is 0 Å². The number of carbonyl (C=O) groups is 1. The van der Waals surface area contributed by atoms with Crippen LogP contribution in [0.1, 0.15) is 38.2 Å². The zero-order valence-electron chi connectivity index (χ0n) is 20.7. The number of piperidine rings is 1. The molecule has 0 bridgehead atoms. The molecular weight excluding hydrogens is 444 g/mol. The van der Waals surface area contributed by atoms with Crippen LogP contribution in [0.25, 0.3) is 0 Å². The molecule has 1 amide bonds. The van der Waals surface area contributed by atoms with Crippen molar-refractivity contribution in [1.29, 1.82) is 0 Å². The molecule has 2 aliphatic heterocycles. The number of unbranched alkanes of at least 4 members (excludes halogenated alkanes) is 1. The van der Waals surface area contributed by atoms with Gasteiger partial charge in [-0.1, -0.05) is 31.5 Å². The summed E-state index contributed by atoms with van der Waals surface area (Å²) in [6, 6.07) is 13.7. The lowest BCUT2D eigenvalue weighted by Gasteiger charge is -2.33. The first kappa shape index (κ1) is 25.3. The van der Waals surface area contributed by atoms with Gasteiger partial charge in [0.05, 0.1) is 18.9 Å². The van der Waals surface area contributed by atoms with E-state index in [1.807, 2.05) is 42.5 Å². The second-order valence-electron chi connectivity index (χ2n) is 9.47. The Hall–Kier alpha value is -2.77. The zero-order chi connectivity index (χ0) is 24.5. The molecule has 0 aromatic heterocycles. The fraction of sp³-hybridized carbons (Fsp3) is 0.536. The lowest BCUT2D eigenvalue weighted by atomic mass is 9.97. The number of para-hydroxylation sites is 2. The summed E-state index contributed by atoms with van der Waals surface area (Å²) in [5, 5.41) is 10.6. The number of ether oxygens (including phenoxy) is 3. The summed E-state index contributed by atoms with van der Waals surface area (Å²) in [6.07, 6.45) is 5.31. The van der Waals surface area contributed by atoms with Gasteiger partial charge in [-0.05, 0) is 69.0 Å². The Morgan fingerprint density at radius 3 is 2.49 bits per heavy atom. The highest BCUT2D eigenvalue weighted by atomic mass is 16.5. The van der Waals surface area contributed by atoms with Gasteiger partial charge in [-0.2, -0.15) is 0 Å². The number of fused-ring (bicyclic) bond motifs is 1. The highest BCUT2D eigenvalue weighted by Gasteiger charge is 2.24. The average molecular weight is 483 g/mol. The van der Waals surface area contributed by atoms with Crippen molar-refractivity contribution in [2.45, 2.75) is 45.1 Å². The number of amides is 1. The Labute approximate surface area is 208 Å². The Kier molecular flexibility index (Phi) is 9.26. The van der Waals surface area contributed by atoms with Crippen LogP contribution in [0, 0.1) is 5.92 Å². The van der Waals surface area contributed by atoms with Gasteiger partial charge in [-0.3, -0.25) is 4.79 Å². The maximum Gasteiger partial charge on any atom is 0.214 e. The predicted molar refractivity (Wildman–Crippen MR) is 137 cm³/mol. The lowest BCUT2D eigenvalue weighted by Crippen LogP contribution is -2.41. The van der Waals surface area contributed by atoms with Crippen molar-refractivity contribution >= 4 is 12.1 Å². The number of likely N-dealkylation sites (tertiary alicyclic amines) is 1. The van der Waals surface area contributed by atoms with Crippen LogP contribution in [0.2, 0.25) is 0 Å². The molecule has 190 valence electrons. The van der Waals surface area contributed by atoms with Gasteiger partial charge < -0.3 is 29.1 Å². The quantitative estimate of drug-likeness (QED) is 0.345. The molecule has 35 heavy (non-hydrogen) atoms. The van der Waals surface area contributed by atoms with E-state index in [1.165, 1.54) is 0 Å². The van der Waals surface area contributed by atoms with E-state index in [4.69, 9.17) is 14.2 Å². The summed E-state index contributed by atoms with van der Waals surface area (Å²) in [5.74, 6) is 2.91. The summed E-state index contributed by atoms with van der Waals surface area (Å²) in [6.45, 7) is 6.95. The standard InChI is InChI=1S/C28H38N2O5/c1-2-3-17-33-27-8-4-5-9-28(27)34-19-22-11-14-29(15-12-22)18-23(32)20-35-26-10-6-7-25-24(26)13-16-30(25)21-31/h4-10,21-23,32H,2-3,11-20H2,1H3. The number of rotatable bonds is 13. The molecule has 4 rings (SSSR count). The number of carbonyl (C=O) groups excluding carboxylic acids is 1. The fourth-order valence-electron chi connectivity index (χ4n) is 4.77. The van der Waals surface area contributed by atoms with E-state index in [0.717, 1.165) is 80.1 Å². The molecule has 1 N–H and O–H groups in total. The smallest absolute Gasteiger partial charge is 0.214 e. The maximum absolute atomic E-state index is 11.2. The first-order valence-electron chi connectivity index (χ1n) is 12.9. The fourth-order valence-corrected chi connectivity index (χ4v) is 4.77. The largest absolute Gasteiger partial charge is 0.490 e. The second-order valence-corrected chi connectivity index (χ2v) is 9.47. The van der Waals surface area contributed by atoms with E-state index in [1.54, 1.807) is 4.90 Å². The van der Waals surface area contributed by atoms with Crippen molar-refractivity contribution in [3.05, 3.63) is 48.0 Å². The summed E-state index contributed by atoms with van der Waals surface area (Å²) in [7, 11) is 0. The van der Waals surface area contributed by atoms with Crippen LogP contribution in [0.5, 0.6) is 17.2 Å². The molecule has 2 aromatic carbocycles. The van der Waals surface area contributed by atoms with Crippen LogP contribution < -0.4 is 19.1 Å². The summed E-state index contributed by atoms with van der Waals surface area (Å²) in [5.41, 5.74) is 1.95. The van der Waals surface area contributed by atoms with E-state index in [-0.39, 0.29) is 6.61 Å². The van der Waals surface area contributed by atoms with Gasteiger partial charge in [0.1, 0.15) is 18.5 Å². The van der Waals surface area contributed by atoms with Crippen molar-refractivity contribution in [3.8, 4) is 17.2 Å². The minimum Gasteiger partial charge on any atom is -0.490 e. The normalized spacial score (nSPS) is 17.1. The third-order valence-corrected chi connectivity index (χ3v) is 6.83. The van der Waals surface area contributed by atoms with Crippen molar-refractivity contribution in [3.63, 3.8) is 0 Å². The number of β-amino-alcohol motifs (C(OH)–C–C–N with tert-alkyl or cyclic N) is 1. The highest BCUT2D eigenvalue weighted by molar-refractivity contribution is 5.81. The number of benzene rings is 2. The maximum atomic E-state index is 11.2. The number of hydrogen-bond acceptors (Lipinski definition) is 6. The molecule has 7 heteroatoms. The molecule has 0 spiro atoms. The Morgan fingerprint density at radius 2 is 1.74 bits per heavy atom. The van der Waals surface area contributed by atoms with Crippen LogP contribution in [0.15, 0.2) is 42.5 Å². The Balaban J connectivity index is 1.17. The summed E-state index contributed by atoms with van der Waals surface area (Å²) >= 11 is 0. The van der Waals surface area contributed by atoms with E-state index >= 15 is 0 Å². The molecule has 2 aliphatic rings.